The molecule has 0 radical (unpaired) electrons. The number of piperidine rings is 1. The number of halogens is 1. The van der Waals surface area contributed by atoms with Crippen molar-refractivity contribution < 1.29 is 14.0 Å². The van der Waals surface area contributed by atoms with Gasteiger partial charge in [-0.05, 0) is 49.8 Å². The molecule has 2 fully saturated rings. The van der Waals surface area contributed by atoms with Gasteiger partial charge in [0.15, 0.2) is 0 Å². The predicted molar refractivity (Wildman–Crippen MR) is 93.4 cm³/mol. The Bertz CT molecular complexity index is 616. The van der Waals surface area contributed by atoms with Gasteiger partial charge in [-0.3, -0.25) is 9.59 Å². The van der Waals surface area contributed by atoms with Crippen molar-refractivity contribution in [2.45, 2.75) is 38.1 Å². The van der Waals surface area contributed by atoms with Crippen LogP contribution in [0.15, 0.2) is 24.3 Å². The number of carbonyl (C=O) groups is 2. The first-order chi connectivity index (χ1) is 12.1. The summed E-state index contributed by atoms with van der Waals surface area (Å²) in [6.45, 7) is 2.84. The molecule has 0 aliphatic carbocycles. The molecular formula is C19H26FN3O2. The third kappa shape index (κ3) is 4.78. The van der Waals surface area contributed by atoms with Crippen molar-refractivity contribution in [2.24, 2.45) is 5.92 Å². The maximum absolute atomic E-state index is 13.7. The lowest BCUT2D eigenvalue weighted by molar-refractivity contribution is -0.132. The van der Waals surface area contributed by atoms with Gasteiger partial charge in [0.1, 0.15) is 5.82 Å². The highest BCUT2D eigenvalue weighted by atomic mass is 19.1. The van der Waals surface area contributed by atoms with Gasteiger partial charge in [-0.2, -0.15) is 0 Å². The van der Waals surface area contributed by atoms with Gasteiger partial charge < -0.3 is 15.5 Å². The zero-order chi connectivity index (χ0) is 17.6. The van der Waals surface area contributed by atoms with E-state index in [1.54, 1.807) is 23.1 Å². The molecule has 3 rings (SSSR count). The maximum atomic E-state index is 13.7. The van der Waals surface area contributed by atoms with E-state index in [9.17, 15) is 14.0 Å². The molecule has 2 aliphatic rings. The van der Waals surface area contributed by atoms with E-state index in [4.69, 9.17) is 0 Å². The molecular weight excluding hydrogens is 321 g/mol. The minimum Gasteiger partial charge on any atom is -0.354 e. The highest BCUT2D eigenvalue weighted by Gasteiger charge is 2.26. The Morgan fingerprint density at radius 1 is 1.24 bits per heavy atom. The fourth-order valence-electron chi connectivity index (χ4n) is 3.65. The van der Waals surface area contributed by atoms with Gasteiger partial charge in [-0.25, -0.2) is 4.39 Å². The first-order valence-electron chi connectivity index (χ1n) is 9.16. The first kappa shape index (κ1) is 17.9. The van der Waals surface area contributed by atoms with Crippen molar-refractivity contribution in [1.82, 2.24) is 15.5 Å². The van der Waals surface area contributed by atoms with Crippen LogP contribution in [0, 0.1) is 11.7 Å². The summed E-state index contributed by atoms with van der Waals surface area (Å²) in [6.07, 6.45) is 3.95. The van der Waals surface area contributed by atoms with Crippen LogP contribution in [0.4, 0.5) is 4.39 Å². The normalized spacial score (nSPS) is 23.5. The third-order valence-corrected chi connectivity index (χ3v) is 5.11. The summed E-state index contributed by atoms with van der Waals surface area (Å²) >= 11 is 0. The lowest BCUT2D eigenvalue weighted by Gasteiger charge is -2.33. The summed E-state index contributed by atoms with van der Waals surface area (Å²) in [5.74, 6) is -0.0460. The molecule has 2 aliphatic heterocycles. The molecule has 2 N–H and O–H groups in total. The van der Waals surface area contributed by atoms with Gasteiger partial charge in [-0.15, -0.1) is 0 Å². The fourth-order valence-corrected chi connectivity index (χ4v) is 3.65. The van der Waals surface area contributed by atoms with Crippen molar-refractivity contribution in [2.75, 3.05) is 26.2 Å². The van der Waals surface area contributed by atoms with Crippen molar-refractivity contribution in [3.63, 3.8) is 0 Å². The van der Waals surface area contributed by atoms with Crippen LogP contribution < -0.4 is 10.6 Å². The summed E-state index contributed by atoms with van der Waals surface area (Å²) in [5, 5.41) is 6.20. The summed E-state index contributed by atoms with van der Waals surface area (Å²) in [7, 11) is 0. The Labute approximate surface area is 148 Å². The smallest absolute Gasteiger partial charge is 0.237 e. The molecule has 1 aromatic carbocycles. The topological polar surface area (TPSA) is 61.4 Å². The average molecular weight is 347 g/mol. The summed E-state index contributed by atoms with van der Waals surface area (Å²) in [6, 6.07) is 6.35. The Kier molecular flexibility index (Phi) is 6.02. The van der Waals surface area contributed by atoms with E-state index in [1.165, 1.54) is 6.07 Å². The van der Waals surface area contributed by atoms with Crippen LogP contribution in [-0.4, -0.2) is 48.9 Å². The van der Waals surface area contributed by atoms with Crippen LogP contribution in [-0.2, 0) is 16.0 Å². The number of carbonyl (C=O) groups excluding carboxylic acids is 2. The number of hydrogen-bond donors (Lipinski definition) is 2. The zero-order valence-corrected chi connectivity index (χ0v) is 14.5. The highest BCUT2D eigenvalue weighted by Crippen LogP contribution is 2.18. The van der Waals surface area contributed by atoms with E-state index in [0.717, 1.165) is 32.2 Å². The molecule has 2 atom stereocenters. The Hall–Kier alpha value is -1.95. The Morgan fingerprint density at radius 3 is 2.84 bits per heavy atom. The number of hydrogen-bond acceptors (Lipinski definition) is 3. The molecule has 136 valence electrons. The van der Waals surface area contributed by atoms with E-state index < -0.39 is 0 Å². The van der Waals surface area contributed by atoms with Crippen molar-refractivity contribution >= 4 is 11.8 Å². The standard InChI is InChI=1S/C19H26FN3O2/c20-16-7-2-1-6-15(16)11-18(24)23-10-4-5-14(13-23)12-22-19(25)17-8-3-9-21-17/h1-2,6-7,14,17,21H,3-5,8-13H2,(H,22,25). The molecule has 2 saturated heterocycles. The van der Waals surface area contributed by atoms with E-state index in [1.807, 2.05) is 0 Å². The van der Waals surface area contributed by atoms with E-state index in [0.29, 0.717) is 25.2 Å². The Morgan fingerprint density at radius 2 is 2.08 bits per heavy atom. The number of nitrogens with one attached hydrogen (secondary N) is 2. The number of amides is 2. The second kappa shape index (κ2) is 8.43. The predicted octanol–water partition coefficient (Wildman–Crippen LogP) is 1.47. The van der Waals surface area contributed by atoms with Crippen LogP contribution >= 0.6 is 0 Å². The number of likely N-dealkylation sites (tertiary alicyclic amines) is 1. The molecule has 0 aromatic heterocycles. The van der Waals surface area contributed by atoms with E-state index in [2.05, 4.69) is 10.6 Å². The number of benzene rings is 1. The van der Waals surface area contributed by atoms with Crippen LogP contribution in [0.5, 0.6) is 0 Å². The quantitative estimate of drug-likeness (QED) is 0.848. The molecule has 5 nitrogen and oxygen atoms in total. The molecule has 2 heterocycles. The molecule has 6 heteroatoms. The zero-order valence-electron chi connectivity index (χ0n) is 14.5. The number of nitrogens with zero attached hydrogens (tertiary/aromatic N) is 1. The lowest BCUT2D eigenvalue weighted by atomic mass is 9.97. The van der Waals surface area contributed by atoms with Crippen molar-refractivity contribution in [3.8, 4) is 0 Å². The Balaban J connectivity index is 1.48. The monoisotopic (exact) mass is 347 g/mol. The van der Waals surface area contributed by atoms with Gasteiger partial charge in [0, 0.05) is 19.6 Å². The van der Waals surface area contributed by atoms with Crippen LogP contribution in [0.25, 0.3) is 0 Å². The summed E-state index contributed by atoms with van der Waals surface area (Å²) < 4.78 is 13.7. The maximum Gasteiger partial charge on any atom is 0.237 e. The van der Waals surface area contributed by atoms with E-state index in [-0.39, 0.29) is 36.0 Å². The van der Waals surface area contributed by atoms with Gasteiger partial charge >= 0.3 is 0 Å². The van der Waals surface area contributed by atoms with Gasteiger partial charge in [0.2, 0.25) is 11.8 Å². The molecule has 0 bridgehead atoms. The van der Waals surface area contributed by atoms with Crippen molar-refractivity contribution in [3.05, 3.63) is 35.6 Å². The molecule has 2 unspecified atom stereocenters. The van der Waals surface area contributed by atoms with Gasteiger partial charge in [-0.1, -0.05) is 18.2 Å². The largest absolute Gasteiger partial charge is 0.354 e. The van der Waals surface area contributed by atoms with Gasteiger partial charge in [0.05, 0.1) is 12.5 Å². The third-order valence-electron chi connectivity index (χ3n) is 5.11. The minimum absolute atomic E-state index is 0.0430. The first-order valence-corrected chi connectivity index (χ1v) is 9.16. The SMILES string of the molecule is O=C(NCC1CCCN(C(=O)Cc2ccccc2F)C1)C1CCCN1. The highest BCUT2D eigenvalue weighted by molar-refractivity contribution is 5.82. The summed E-state index contributed by atoms with van der Waals surface area (Å²) in [4.78, 5) is 26.4. The molecule has 0 spiro atoms. The molecule has 0 saturated carbocycles. The summed E-state index contributed by atoms with van der Waals surface area (Å²) in [5.41, 5.74) is 0.440. The van der Waals surface area contributed by atoms with Crippen LogP contribution in [0.1, 0.15) is 31.2 Å². The van der Waals surface area contributed by atoms with Gasteiger partial charge in [0.25, 0.3) is 0 Å². The lowest BCUT2D eigenvalue weighted by Crippen LogP contribution is -2.47. The molecule has 2 amide bonds. The fraction of sp³-hybridized carbons (Fsp3) is 0.579. The van der Waals surface area contributed by atoms with Crippen molar-refractivity contribution in [1.29, 1.82) is 0 Å². The molecule has 25 heavy (non-hydrogen) atoms. The van der Waals surface area contributed by atoms with Crippen LogP contribution in [0.3, 0.4) is 0 Å². The second-order valence-electron chi connectivity index (χ2n) is 7.01. The second-order valence-corrected chi connectivity index (χ2v) is 7.01. The average Bonchev–Trinajstić information content (AvgIpc) is 3.16. The van der Waals surface area contributed by atoms with Crippen LogP contribution in [0.2, 0.25) is 0 Å². The minimum atomic E-state index is -0.333. The van der Waals surface area contributed by atoms with E-state index >= 15 is 0 Å². The molecule has 1 aromatic rings. The number of rotatable bonds is 5.